The van der Waals surface area contributed by atoms with Crippen LogP contribution in [0.1, 0.15) is 50.7 Å². The van der Waals surface area contributed by atoms with Gasteiger partial charge in [-0.15, -0.1) is 0 Å². The van der Waals surface area contributed by atoms with Crippen LogP contribution in [0.2, 0.25) is 0 Å². The van der Waals surface area contributed by atoms with Crippen molar-refractivity contribution in [1.82, 2.24) is 0 Å². The summed E-state index contributed by atoms with van der Waals surface area (Å²) in [6.45, 7) is 8.26. The fourth-order valence-electron chi connectivity index (χ4n) is 2.65. The molecule has 23 heavy (non-hydrogen) atoms. The van der Waals surface area contributed by atoms with E-state index in [1.54, 1.807) is 0 Å². The van der Waals surface area contributed by atoms with Crippen LogP contribution < -0.4 is 10.6 Å². The molecule has 0 heterocycles. The largest absolute Gasteiger partial charge is 0.507 e. The maximum Gasteiger partial charge on any atom is 0.175 e. The zero-order chi connectivity index (χ0) is 17.1. The summed E-state index contributed by atoms with van der Waals surface area (Å²) in [7, 11) is 0. The lowest BCUT2D eigenvalue weighted by Crippen LogP contribution is -2.31. The van der Waals surface area contributed by atoms with E-state index in [0.717, 1.165) is 22.5 Å². The molecule has 0 fully saturated rings. The Morgan fingerprint density at radius 2 is 1.43 bits per heavy atom. The molecule has 0 radical (unpaired) electrons. The molecule has 2 aromatic rings. The Labute approximate surface area is 143 Å². The monoisotopic (exact) mass is 328 g/mol. The minimum atomic E-state index is 0.205. The average molecular weight is 328 g/mol. The second kappa shape index (κ2) is 7.01. The number of anilines is 2. The van der Waals surface area contributed by atoms with Crippen molar-refractivity contribution in [1.29, 1.82) is 0 Å². The average Bonchev–Trinajstić information content (AvgIpc) is 2.49. The van der Waals surface area contributed by atoms with Crippen LogP contribution in [0.5, 0.6) is 5.75 Å². The summed E-state index contributed by atoms with van der Waals surface area (Å²) in [6, 6.07) is 13.7. The molecule has 0 amide bonds. The van der Waals surface area contributed by atoms with Gasteiger partial charge < -0.3 is 10.8 Å². The number of benzene rings is 2. The zero-order valence-electron chi connectivity index (χ0n) is 14.1. The Bertz CT molecular complexity index is 667. The third kappa shape index (κ3) is 3.64. The van der Waals surface area contributed by atoms with Crippen LogP contribution in [-0.4, -0.2) is 10.2 Å². The van der Waals surface area contributed by atoms with Crippen LogP contribution in [0.4, 0.5) is 11.4 Å². The smallest absolute Gasteiger partial charge is 0.175 e. The predicted octanol–water partition coefficient (Wildman–Crippen LogP) is 5.02. The molecule has 3 N–H and O–H groups in total. The summed E-state index contributed by atoms with van der Waals surface area (Å²) in [5.41, 5.74) is 9.59. The van der Waals surface area contributed by atoms with Crippen LogP contribution in [-0.2, 0) is 0 Å². The van der Waals surface area contributed by atoms with E-state index in [0.29, 0.717) is 5.75 Å². The van der Waals surface area contributed by atoms with Crippen LogP contribution in [0.3, 0.4) is 0 Å². The van der Waals surface area contributed by atoms with Crippen molar-refractivity contribution in [2.75, 3.05) is 4.90 Å². The molecule has 4 heteroatoms. The van der Waals surface area contributed by atoms with Crippen molar-refractivity contribution >= 4 is 28.7 Å². The van der Waals surface area contributed by atoms with Gasteiger partial charge in [-0.05, 0) is 59.4 Å². The van der Waals surface area contributed by atoms with E-state index in [2.05, 4.69) is 27.7 Å². The van der Waals surface area contributed by atoms with Crippen LogP contribution in [0, 0.1) is 0 Å². The normalized spacial score (nSPS) is 11.0. The number of aromatic hydroxyl groups is 1. The van der Waals surface area contributed by atoms with Gasteiger partial charge in [-0.2, -0.15) is 0 Å². The number of rotatable bonds is 4. The standard InChI is InChI=1S/C19H24N2OS/c1-12(2)16-10-15(11-17(13(3)4)18(16)22)21(19(20)23)14-8-6-5-7-9-14/h5-13,22H,1-4H3,(H2,20,23). The summed E-state index contributed by atoms with van der Waals surface area (Å²) >= 11 is 5.27. The lowest BCUT2D eigenvalue weighted by atomic mass is 9.93. The highest BCUT2D eigenvalue weighted by Crippen LogP contribution is 2.39. The number of nitrogens with zero attached hydrogens (tertiary/aromatic N) is 1. The third-order valence-electron chi connectivity index (χ3n) is 3.89. The molecule has 0 unspecified atom stereocenters. The topological polar surface area (TPSA) is 49.5 Å². The number of nitrogens with two attached hydrogens (primary N) is 1. The summed E-state index contributed by atoms with van der Waals surface area (Å²) in [5.74, 6) is 0.780. The summed E-state index contributed by atoms with van der Waals surface area (Å²) in [5, 5.41) is 10.8. The van der Waals surface area contributed by atoms with E-state index in [1.807, 2.05) is 47.4 Å². The second-order valence-electron chi connectivity index (χ2n) is 6.29. The van der Waals surface area contributed by atoms with E-state index in [4.69, 9.17) is 18.0 Å². The van der Waals surface area contributed by atoms with Crippen LogP contribution in [0.25, 0.3) is 0 Å². The van der Waals surface area contributed by atoms with Gasteiger partial charge in [0.1, 0.15) is 5.75 Å². The molecule has 0 saturated heterocycles. The molecule has 122 valence electrons. The van der Waals surface area contributed by atoms with Gasteiger partial charge in [-0.1, -0.05) is 45.9 Å². The van der Waals surface area contributed by atoms with Gasteiger partial charge in [0, 0.05) is 11.4 Å². The second-order valence-corrected chi connectivity index (χ2v) is 6.71. The van der Waals surface area contributed by atoms with Crippen molar-refractivity contribution in [2.24, 2.45) is 5.73 Å². The van der Waals surface area contributed by atoms with Crippen molar-refractivity contribution in [3.05, 3.63) is 53.6 Å². The fraction of sp³-hybridized carbons (Fsp3) is 0.316. The molecule has 0 bridgehead atoms. The van der Waals surface area contributed by atoms with Crippen molar-refractivity contribution < 1.29 is 5.11 Å². The quantitative estimate of drug-likeness (QED) is 0.774. The van der Waals surface area contributed by atoms with Gasteiger partial charge in [0.05, 0.1) is 0 Å². The fourth-order valence-corrected chi connectivity index (χ4v) is 2.86. The van der Waals surface area contributed by atoms with Gasteiger partial charge in [0.2, 0.25) is 0 Å². The number of phenolic OH excluding ortho intramolecular Hbond substituents is 1. The zero-order valence-corrected chi connectivity index (χ0v) is 14.9. The first-order valence-electron chi connectivity index (χ1n) is 7.84. The first kappa shape index (κ1) is 17.3. The Morgan fingerprint density at radius 3 is 1.83 bits per heavy atom. The Hall–Kier alpha value is -2.07. The highest BCUT2D eigenvalue weighted by molar-refractivity contribution is 7.80. The van der Waals surface area contributed by atoms with E-state index in [-0.39, 0.29) is 16.9 Å². The van der Waals surface area contributed by atoms with E-state index >= 15 is 0 Å². The number of hydrogen-bond acceptors (Lipinski definition) is 2. The molecule has 0 saturated carbocycles. The van der Waals surface area contributed by atoms with Crippen LogP contribution in [0.15, 0.2) is 42.5 Å². The highest BCUT2D eigenvalue weighted by Gasteiger charge is 2.19. The summed E-state index contributed by atoms with van der Waals surface area (Å²) in [6.07, 6.45) is 0. The third-order valence-corrected chi connectivity index (χ3v) is 4.07. The van der Waals surface area contributed by atoms with Crippen LogP contribution >= 0.6 is 12.2 Å². The van der Waals surface area contributed by atoms with Gasteiger partial charge in [-0.25, -0.2) is 0 Å². The predicted molar refractivity (Wildman–Crippen MR) is 102 cm³/mol. The van der Waals surface area contributed by atoms with Crippen molar-refractivity contribution in [3.63, 3.8) is 0 Å². The van der Waals surface area contributed by atoms with Gasteiger partial charge >= 0.3 is 0 Å². The lowest BCUT2D eigenvalue weighted by Gasteiger charge is -2.26. The molecule has 0 aliphatic carbocycles. The van der Waals surface area contributed by atoms with Gasteiger partial charge in [0.15, 0.2) is 5.11 Å². The maximum atomic E-state index is 10.6. The molecule has 0 aliphatic heterocycles. The first-order valence-corrected chi connectivity index (χ1v) is 8.25. The molecule has 2 rings (SSSR count). The van der Waals surface area contributed by atoms with Crippen molar-refractivity contribution in [2.45, 2.75) is 39.5 Å². The minimum Gasteiger partial charge on any atom is -0.507 e. The maximum absolute atomic E-state index is 10.6. The minimum absolute atomic E-state index is 0.205. The number of thiocarbonyl (C=S) groups is 1. The Balaban J connectivity index is 2.67. The van der Waals surface area contributed by atoms with E-state index in [9.17, 15) is 5.11 Å². The molecular formula is C19H24N2OS. The molecule has 0 aliphatic rings. The summed E-state index contributed by atoms with van der Waals surface area (Å²) < 4.78 is 0. The van der Waals surface area contributed by atoms with E-state index < -0.39 is 0 Å². The molecule has 0 atom stereocenters. The summed E-state index contributed by atoms with van der Waals surface area (Å²) in [4.78, 5) is 1.84. The molecule has 0 spiro atoms. The van der Waals surface area contributed by atoms with Gasteiger partial charge in [0.25, 0.3) is 0 Å². The van der Waals surface area contributed by atoms with Gasteiger partial charge in [-0.3, -0.25) is 4.90 Å². The molecule has 2 aromatic carbocycles. The molecular weight excluding hydrogens is 304 g/mol. The Kier molecular flexibility index (Phi) is 5.26. The Morgan fingerprint density at radius 1 is 0.957 bits per heavy atom. The number of phenols is 1. The molecule has 3 nitrogen and oxygen atoms in total. The number of hydrogen-bond donors (Lipinski definition) is 2. The van der Waals surface area contributed by atoms with Crippen molar-refractivity contribution in [3.8, 4) is 5.75 Å². The SMILES string of the molecule is CC(C)c1cc(N(C(N)=S)c2ccccc2)cc(C(C)C)c1O. The lowest BCUT2D eigenvalue weighted by molar-refractivity contribution is 0.454. The first-order chi connectivity index (χ1) is 10.8. The van der Waals surface area contributed by atoms with E-state index in [1.165, 1.54) is 0 Å². The number of para-hydroxylation sites is 1. The highest BCUT2D eigenvalue weighted by atomic mass is 32.1. The molecule has 0 aromatic heterocycles.